The predicted octanol–water partition coefficient (Wildman–Crippen LogP) is 0.702. The maximum atomic E-state index is 12.3. The summed E-state index contributed by atoms with van der Waals surface area (Å²) in [5.74, 6) is -0.299. The number of aryl methyl sites for hydroxylation is 2. The molecule has 110 valence electrons. The SMILES string of the molecule is CCc1cc(CN2C(=O)CNC(CC)C2=O)n(CC)n1. The Bertz CT molecular complexity index is 509. The number of carbonyl (C=O) groups excluding carboxylic acids is 2. The van der Waals surface area contributed by atoms with Crippen molar-refractivity contribution < 1.29 is 9.59 Å². The molecule has 1 aliphatic heterocycles. The number of carbonyl (C=O) groups is 2. The summed E-state index contributed by atoms with van der Waals surface area (Å²) in [6.45, 7) is 7.27. The Labute approximate surface area is 119 Å². The number of imide groups is 1. The molecule has 2 rings (SSSR count). The third-order valence-electron chi connectivity index (χ3n) is 3.67. The van der Waals surface area contributed by atoms with Crippen LogP contribution in [0.25, 0.3) is 0 Å². The van der Waals surface area contributed by atoms with Crippen molar-refractivity contribution in [2.75, 3.05) is 6.54 Å². The fraction of sp³-hybridized carbons (Fsp3) is 0.643. The predicted molar refractivity (Wildman–Crippen MR) is 74.9 cm³/mol. The van der Waals surface area contributed by atoms with Crippen LogP contribution in [0.3, 0.4) is 0 Å². The van der Waals surface area contributed by atoms with E-state index in [1.807, 2.05) is 31.5 Å². The van der Waals surface area contributed by atoms with E-state index in [1.165, 1.54) is 4.90 Å². The molecule has 0 bridgehead atoms. The van der Waals surface area contributed by atoms with E-state index in [9.17, 15) is 9.59 Å². The van der Waals surface area contributed by atoms with Crippen molar-refractivity contribution >= 4 is 11.8 Å². The molecule has 0 aliphatic carbocycles. The molecule has 6 nitrogen and oxygen atoms in total. The Hall–Kier alpha value is -1.69. The van der Waals surface area contributed by atoms with E-state index in [-0.39, 0.29) is 24.4 Å². The number of hydrogen-bond acceptors (Lipinski definition) is 4. The third kappa shape index (κ3) is 2.75. The standard InChI is InChI=1S/C14H22N4O2/c1-4-10-7-11(18(6-3)16-10)9-17-13(19)8-15-12(5-2)14(17)20/h7,12,15H,4-6,8-9H2,1-3H3. The maximum Gasteiger partial charge on any atom is 0.246 e. The lowest BCUT2D eigenvalue weighted by atomic mass is 10.1. The van der Waals surface area contributed by atoms with Gasteiger partial charge in [-0.3, -0.25) is 24.5 Å². The largest absolute Gasteiger partial charge is 0.297 e. The topological polar surface area (TPSA) is 67.2 Å². The fourth-order valence-electron chi connectivity index (χ4n) is 2.44. The van der Waals surface area contributed by atoms with Crippen molar-refractivity contribution in [2.45, 2.75) is 52.7 Å². The number of rotatable bonds is 5. The Morgan fingerprint density at radius 1 is 1.35 bits per heavy atom. The summed E-state index contributed by atoms with van der Waals surface area (Å²) < 4.78 is 1.86. The summed E-state index contributed by atoms with van der Waals surface area (Å²) in [6.07, 6.45) is 1.54. The minimum atomic E-state index is -0.253. The lowest BCUT2D eigenvalue weighted by Crippen LogP contribution is -2.57. The second-order valence-corrected chi connectivity index (χ2v) is 4.96. The van der Waals surface area contributed by atoms with Crippen LogP contribution in [0.4, 0.5) is 0 Å². The van der Waals surface area contributed by atoms with E-state index in [0.29, 0.717) is 13.0 Å². The van der Waals surface area contributed by atoms with Gasteiger partial charge in [-0.05, 0) is 25.8 Å². The molecule has 2 amide bonds. The molecular formula is C14H22N4O2. The van der Waals surface area contributed by atoms with Crippen molar-refractivity contribution in [2.24, 2.45) is 0 Å². The van der Waals surface area contributed by atoms with Crippen LogP contribution >= 0.6 is 0 Å². The van der Waals surface area contributed by atoms with Crippen LogP contribution < -0.4 is 5.32 Å². The van der Waals surface area contributed by atoms with Gasteiger partial charge in [0.1, 0.15) is 0 Å². The van der Waals surface area contributed by atoms with Gasteiger partial charge in [-0.2, -0.15) is 5.10 Å². The highest BCUT2D eigenvalue weighted by molar-refractivity contribution is 6.01. The average molecular weight is 278 g/mol. The quantitative estimate of drug-likeness (QED) is 0.805. The van der Waals surface area contributed by atoms with Crippen molar-refractivity contribution in [1.82, 2.24) is 20.0 Å². The molecule has 1 N–H and O–H groups in total. The Kier molecular flexibility index (Phi) is 4.54. The van der Waals surface area contributed by atoms with Crippen molar-refractivity contribution in [3.05, 3.63) is 17.5 Å². The second-order valence-electron chi connectivity index (χ2n) is 4.96. The average Bonchev–Trinajstić information content (AvgIpc) is 2.86. The first-order chi connectivity index (χ1) is 9.60. The number of aromatic nitrogens is 2. The van der Waals surface area contributed by atoms with Gasteiger partial charge in [0, 0.05) is 6.54 Å². The fourth-order valence-corrected chi connectivity index (χ4v) is 2.44. The molecule has 1 saturated heterocycles. The van der Waals surface area contributed by atoms with Gasteiger partial charge in [0.2, 0.25) is 11.8 Å². The number of nitrogens with one attached hydrogen (secondary N) is 1. The van der Waals surface area contributed by atoms with Gasteiger partial charge in [-0.25, -0.2) is 0 Å². The Morgan fingerprint density at radius 2 is 2.10 bits per heavy atom. The summed E-state index contributed by atoms with van der Waals surface area (Å²) >= 11 is 0. The number of amides is 2. The van der Waals surface area contributed by atoms with Gasteiger partial charge >= 0.3 is 0 Å². The van der Waals surface area contributed by atoms with Gasteiger partial charge in [-0.15, -0.1) is 0 Å². The Morgan fingerprint density at radius 3 is 2.70 bits per heavy atom. The molecule has 0 spiro atoms. The van der Waals surface area contributed by atoms with Crippen LogP contribution in [0.1, 0.15) is 38.6 Å². The molecule has 1 aromatic heterocycles. The molecule has 0 radical (unpaired) electrons. The summed E-state index contributed by atoms with van der Waals surface area (Å²) in [5, 5.41) is 7.42. The van der Waals surface area contributed by atoms with Crippen molar-refractivity contribution in [1.29, 1.82) is 0 Å². The van der Waals surface area contributed by atoms with E-state index >= 15 is 0 Å². The van der Waals surface area contributed by atoms with Crippen molar-refractivity contribution in [3.8, 4) is 0 Å². The number of nitrogens with zero attached hydrogens (tertiary/aromatic N) is 3. The van der Waals surface area contributed by atoms with E-state index in [4.69, 9.17) is 0 Å². The van der Waals surface area contributed by atoms with Gasteiger partial charge in [0.05, 0.1) is 30.5 Å². The molecule has 1 fully saturated rings. The zero-order chi connectivity index (χ0) is 14.7. The summed E-state index contributed by atoms with van der Waals surface area (Å²) in [5.41, 5.74) is 1.91. The highest BCUT2D eigenvalue weighted by Gasteiger charge is 2.33. The van der Waals surface area contributed by atoms with Gasteiger partial charge < -0.3 is 0 Å². The molecule has 0 saturated carbocycles. The van der Waals surface area contributed by atoms with Crippen LogP contribution in [-0.2, 0) is 29.1 Å². The lowest BCUT2D eigenvalue weighted by molar-refractivity contribution is -0.150. The molecule has 2 heterocycles. The number of piperazine rings is 1. The minimum absolute atomic E-state index is 0.134. The van der Waals surface area contributed by atoms with Crippen LogP contribution in [0.2, 0.25) is 0 Å². The van der Waals surface area contributed by atoms with Crippen LogP contribution in [0.15, 0.2) is 6.07 Å². The highest BCUT2D eigenvalue weighted by atomic mass is 16.2. The van der Waals surface area contributed by atoms with Crippen LogP contribution in [0, 0.1) is 0 Å². The van der Waals surface area contributed by atoms with E-state index in [2.05, 4.69) is 10.4 Å². The molecule has 1 atom stereocenters. The van der Waals surface area contributed by atoms with Crippen LogP contribution in [0.5, 0.6) is 0 Å². The van der Waals surface area contributed by atoms with Crippen molar-refractivity contribution in [3.63, 3.8) is 0 Å². The van der Waals surface area contributed by atoms with E-state index in [1.54, 1.807) is 0 Å². The first kappa shape index (κ1) is 14.7. The molecule has 0 aromatic carbocycles. The normalized spacial score (nSPS) is 19.8. The second kappa shape index (κ2) is 6.17. The highest BCUT2D eigenvalue weighted by Crippen LogP contribution is 2.13. The minimum Gasteiger partial charge on any atom is -0.297 e. The van der Waals surface area contributed by atoms with Gasteiger partial charge in [-0.1, -0.05) is 13.8 Å². The lowest BCUT2D eigenvalue weighted by Gasteiger charge is -2.31. The smallest absolute Gasteiger partial charge is 0.246 e. The Balaban J connectivity index is 2.20. The van der Waals surface area contributed by atoms with E-state index in [0.717, 1.165) is 24.4 Å². The molecule has 1 aromatic rings. The number of hydrogen-bond donors (Lipinski definition) is 1. The molecule has 20 heavy (non-hydrogen) atoms. The van der Waals surface area contributed by atoms with Gasteiger partial charge in [0.15, 0.2) is 0 Å². The monoisotopic (exact) mass is 278 g/mol. The van der Waals surface area contributed by atoms with E-state index < -0.39 is 0 Å². The molecule has 1 aliphatic rings. The zero-order valence-corrected chi connectivity index (χ0v) is 12.3. The van der Waals surface area contributed by atoms with Gasteiger partial charge in [0.25, 0.3) is 0 Å². The summed E-state index contributed by atoms with van der Waals surface area (Å²) in [7, 11) is 0. The van der Waals surface area contributed by atoms with Crippen LogP contribution in [-0.4, -0.2) is 39.1 Å². The zero-order valence-electron chi connectivity index (χ0n) is 12.3. The molecule has 6 heteroatoms. The molecule has 1 unspecified atom stereocenters. The third-order valence-corrected chi connectivity index (χ3v) is 3.67. The summed E-state index contributed by atoms with van der Waals surface area (Å²) in [6, 6.07) is 1.73. The first-order valence-corrected chi connectivity index (χ1v) is 7.23. The molecular weight excluding hydrogens is 256 g/mol. The first-order valence-electron chi connectivity index (χ1n) is 7.23. The summed E-state index contributed by atoms with van der Waals surface area (Å²) in [4.78, 5) is 25.6. The maximum absolute atomic E-state index is 12.3.